The Hall–Kier alpha value is -1.66. The minimum atomic E-state index is -0.736. The van der Waals surface area contributed by atoms with E-state index in [1.807, 2.05) is 31.2 Å². The third-order valence-corrected chi connectivity index (χ3v) is 5.38. The number of Topliss-reactive ketones (excluding diaryl/α,β-unsaturated/α-hetero) is 2. The van der Waals surface area contributed by atoms with E-state index >= 15 is 0 Å². The second-order valence-corrected chi connectivity index (χ2v) is 6.90. The van der Waals surface area contributed by atoms with Crippen LogP contribution in [0.25, 0.3) is 10.6 Å². The Morgan fingerprint density at radius 3 is 2.29 bits per heavy atom. The summed E-state index contributed by atoms with van der Waals surface area (Å²) < 4.78 is 0. The number of rotatable bonds is 5. The summed E-state index contributed by atoms with van der Waals surface area (Å²) in [5.74, 6) is -0.367. The number of nitrogen functional groups attached to an aromatic ring is 1. The first kappa shape index (κ1) is 15.7. The van der Waals surface area contributed by atoms with Crippen molar-refractivity contribution in [3.63, 3.8) is 0 Å². The van der Waals surface area contributed by atoms with E-state index in [1.54, 1.807) is 0 Å². The minimum absolute atomic E-state index is 0.184. The second-order valence-electron chi connectivity index (χ2n) is 4.77. The molecule has 0 aliphatic heterocycles. The molecular formula is C15H16N2O2S2. The third-order valence-electron chi connectivity index (χ3n) is 2.89. The molecule has 2 N–H and O–H groups in total. The van der Waals surface area contributed by atoms with E-state index in [2.05, 4.69) is 4.98 Å². The highest BCUT2D eigenvalue weighted by atomic mass is 32.2. The molecule has 2 aromatic rings. The summed E-state index contributed by atoms with van der Waals surface area (Å²) in [6.07, 6.45) is 0. The number of hydrogen-bond acceptors (Lipinski definition) is 6. The summed E-state index contributed by atoms with van der Waals surface area (Å²) in [7, 11) is 0. The lowest BCUT2D eigenvalue weighted by atomic mass is 10.2. The van der Waals surface area contributed by atoms with Crippen molar-refractivity contribution in [2.75, 3.05) is 5.73 Å². The normalized spacial score (nSPS) is 10.9. The van der Waals surface area contributed by atoms with Gasteiger partial charge in [-0.1, -0.05) is 52.9 Å². The van der Waals surface area contributed by atoms with Gasteiger partial charge in [0.2, 0.25) is 0 Å². The molecule has 0 fully saturated rings. The maximum atomic E-state index is 11.5. The van der Waals surface area contributed by atoms with Crippen LogP contribution in [0.15, 0.2) is 29.3 Å². The number of ketones is 2. The lowest BCUT2D eigenvalue weighted by molar-refractivity contribution is -0.123. The standard InChI is InChI=1S/C15H16N2O2S2/c1-8-4-6-11(7-5-8)14-17-15(13(16)21-14)20-12(9(2)18)10(3)19/h4-7,12H,16H2,1-3H3. The molecule has 2 rings (SSSR count). The number of aryl methyl sites for hydroxylation is 1. The van der Waals surface area contributed by atoms with E-state index in [-0.39, 0.29) is 11.6 Å². The molecule has 21 heavy (non-hydrogen) atoms. The Bertz CT molecular complexity index is 663. The lowest BCUT2D eigenvalue weighted by Crippen LogP contribution is -2.22. The first-order valence-electron chi connectivity index (χ1n) is 6.39. The second kappa shape index (κ2) is 6.41. The largest absolute Gasteiger partial charge is 0.388 e. The van der Waals surface area contributed by atoms with Gasteiger partial charge in [-0.3, -0.25) is 9.59 Å². The molecule has 0 radical (unpaired) electrons. The van der Waals surface area contributed by atoms with Crippen molar-refractivity contribution in [1.82, 2.24) is 4.98 Å². The van der Waals surface area contributed by atoms with Gasteiger partial charge >= 0.3 is 0 Å². The molecule has 0 unspecified atom stereocenters. The van der Waals surface area contributed by atoms with Crippen LogP contribution in [0.3, 0.4) is 0 Å². The van der Waals surface area contributed by atoms with Crippen molar-refractivity contribution in [3.8, 4) is 10.6 Å². The molecule has 0 bridgehead atoms. The first-order valence-corrected chi connectivity index (χ1v) is 8.09. The fraction of sp³-hybridized carbons (Fsp3) is 0.267. The maximum Gasteiger partial charge on any atom is 0.150 e. The van der Waals surface area contributed by atoms with Gasteiger partial charge in [0.1, 0.15) is 20.3 Å². The zero-order chi connectivity index (χ0) is 15.6. The van der Waals surface area contributed by atoms with Crippen molar-refractivity contribution in [2.45, 2.75) is 31.0 Å². The van der Waals surface area contributed by atoms with Gasteiger partial charge in [0.25, 0.3) is 0 Å². The molecule has 110 valence electrons. The maximum absolute atomic E-state index is 11.5. The molecule has 4 nitrogen and oxygen atoms in total. The zero-order valence-electron chi connectivity index (χ0n) is 12.0. The Morgan fingerprint density at radius 2 is 1.76 bits per heavy atom. The smallest absolute Gasteiger partial charge is 0.150 e. The van der Waals surface area contributed by atoms with Gasteiger partial charge in [-0.15, -0.1) is 0 Å². The predicted octanol–water partition coefficient (Wildman–Crippen LogP) is 3.34. The van der Waals surface area contributed by atoms with Crippen molar-refractivity contribution < 1.29 is 9.59 Å². The van der Waals surface area contributed by atoms with Gasteiger partial charge in [-0.2, -0.15) is 0 Å². The van der Waals surface area contributed by atoms with E-state index in [0.717, 1.165) is 22.3 Å². The van der Waals surface area contributed by atoms with Crippen LogP contribution in [-0.4, -0.2) is 21.8 Å². The summed E-state index contributed by atoms with van der Waals surface area (Å²) in [5.41, 5.74) is 8.12. The summed E-state index contributed by atoms with van der Waals surface area (Å²) >= 11 is 2.49. The quantitative estimate of drug-likeness (QED) is 0.675. The number of nitrogens with zero attached hydrogens (tertiary/aromatic N) is 1. The molecule has 0 aliphatic rings. The highest BCUT2D eigenvalue weighted by molar-refractivity contribution is 8.01. The predicted molar refractivity (Wildman–Crippen MR) is 87.7 cm³/mol. The summed E-state index contributed by atoms with van der Waals surface area (Å²) in [4.78, 5) is 27.5. The van der Waals surface area contributed by atoms with Gasteiger partial charge in [-0.25, -0.2) is 4.98 Å². The van der Waals surface area contributed by atoms with Crippen LogP contribution < -0.4 is 5.73 Å². The number of hydrogen-bond donors (Lipinski definition) is 1. The zero-order valence-corrected chi connectivity index (χ0v) is 13.7. The van der Waals surface area contributed by atoms with Crippen LogP contribution in [0.4, 0.5) is 5.00 Å². The van der Waals surface area contributed by atoms with E-state index in [4.69, 9.17) is 5.73 Å². The SMILES string of the molecule is CC(=O)C(Sc1nc(-c2ccc(C)cc2)sc1N)C(C)=O. The average Bonchev–Trinajstić information content (AvgIpc) is 2.77. The number of thiazole rings is 1. The van der Waals surface area contributed by atoms with Crippen molar-refractivity contribution >= 4 is 39.7 Å². The summed E-state index contributed by atoms with van der Waals surface area (Å²) in [5, 5.41) is 1.13. The van der Waals surface area contributed by atoms with E-state index < -0.39 is 5.25 Å². The summed E-state index contributed by atoms with van der Waals surface area (Å²) in [6.45, 7) is 4.83. The fourth-order valence-corrected chi connectivity index (χ4v) is 3.66. The van der Waals surface area contributed by atoms with Crippen LogP contribution >= 0.6 is 23.1 Å². The number of benzene rings is 1. The Morgan fingerprint density at radius 1 is 1.19 bits per heavy atom. The van der Waals surface area contributed by atoms with Crippen LogP contribution in [0.5, 0.6) is 0 Å². The van der Waals surface area contributed by atoms with Crippen LogP contribution in [-0.2, 0) is 9.59 Å². The molecule has 0 atom stereocenters. The Labute approximate surface area is 131 Å². The fourth-order valence-electron chi connectivity index (χ4n) is 1.79. The third kappa shape index (κ3) is 3.71. The van der Waals surface area contributed by atoms with Gasteiger partial charge in [-0.05, 0) is 20.8 Å². The first-order chi connectivity index (χ1) is 9.88. The highest BCUT2D eigenvalue weighted by Gasteiger charge is 2.24. The molecule has 0 amide bonds. The molecule has 0 spiro atoms. The minimum Gasteiger partial charge on any atom is -0.388 e. The van der Waals surface area contributed by atoms with Gasteiger partial charge in [0, 0.05) is 5.56 Å². The molecule has 0 saturated heterocycles. The van der Waals surface area contributed by atoms with Gasteiger partial charge in [0.05, 0.1) is 0 Å². The topological polar surface area (TPSA) is 73.1 Å². The van der Waals surface area contributed by atoms with E-state index in [1.165, 1.54) is 30.7 Å². The monoisotopic (exact) mass is 320 g/mol. The number of carbonyl (C=O) groups is 2. The number of carbonyl (C=O) groups excluding carboxylic acids is 2. The van der Waals surface area contributed by atoms with E-state index in [9.17, 15) is 9.59 Å². The van der Waals surface area contributed by atoms with Crippen LogP contribution in [0.2, 0.25) is 0 Å². The van der Waals surface area contributed by atoms with Crippen molar-refractivity contribution in [2.24, 2.45) is 0 Å². The van der Waals surface area contributed by atoms with Crippen molar-refractivity contribution in [1.29, 1.82) is 0 Å². The van der Waals surface area contributed by atoms with Gasteiger partial charge in [0.15, 0.2) is 11.6 Å². The number of thioether (sulfide) groups is 1. The van der Waals surface area contributed by atoms with E-state index in [0.29, 0.717) is 10.0 Å². The molecular weight excluding hydrogens is 304 g/mol. The lowest BCUT2D eigenvalue weighted by Gasteiger charge is -2.07. The van der Waals surface area contributed by atoms with Crippen LogP contribution in [0.1, 0.15) is 19.4 Å². The molecule has 1 aromatic carbocycles. The number of aromatic nitrogens is 1. The van der Waals surface area contributed by atoms with Gasteiger partial charge < -0.3 is 5.73 Å². The number of nitrogens with two attached hydrogens (primary N) is 1. The molecule has 6 heteroatoms. The molecule has 0 aliphatic carbocycles. The number of anilines is 1. The molecule has 1 aromatic heterocycles. The summed E-state index contributed by atoms with van der Waals surface area (Å²) in [6, 6.07) is 7.98. The van der Waals surface area contributed by atoms with Crippen molar-refractivity contribution in [3.05, 3.63) is 29.8 Å². The average molecular weight is 320 g/mol. The highest BCUT2D eigenvalue weighted by Crippen LogP contribution is 2.37. The molecule has 1 heterocycles. The molecule has 0 saturated carbocycles. The Kier molecular flexibility index (Phi) is 4.80. The Balaban J connectivity index is 2.29. The van der Waals surface area contributed by atoms with Crippen LogP contribution in [0, 0.1) is 6.92 Å².